The van der Waals surface area contributed by atoms with Crippen LogP contribution in [0.1, 0.15) is 24.4 Å². The summed E-state index contributed by atoms with van der Waals surface area (Å²) in [5, 5.41) is 13.4. The molecule has 6 nitrogen and oxygen atoms in total. The molecule has 1 atom stereocenters. The van der Waals surface area contributed by atoms with Gasteiger partial charge >= 0.3 is 0 Å². The maximum Gasteiger partial charge on any atom is 0.234 e. The summed E-state index contributed by atoms with van der Waals surface area (Å²) < 4.78 is 7.95. The zero-order valence-corrected chi connectivity index (χ0v) is 20.5. The molecule has 2 aromatic carbocycles. The molecule has 1 aromatic heterocycles. The van der Waals surface area contributed by atoms with Gasteiger partial charge in [0.1, 0.15) is 5.75 Å². The first-order chi connectivity index (χ1) is 15.3. The van der Waals surface area contributed by atoms with Crippen molar-refractivity contribution in [1.29, 1.82) is 0 Å². The van der Waals surface area contributed by atoms with E-state index in [9.17, 15) is 4.79 Å². The summed E-state index contributed by atoms with van der Waals surface area (Å²) in [6, 6.07) is 10.3. The summed E-state index contributed by atoms with van der Waals surface area (Å²) in [7, 11) is 0. The summed E-state index contributed by atoms with van der Waals surface area (Å²) in [6.45, 7) is 8.09. The number of hydrogen-bond acceptors (Lipinski definition) is 5. The second kappa shape index (κ2) is 11.1. The first-order valence-corrected chi connectivity index (χ1v) is 11.7. The average Bonchev–Trinajstić information content (AvgIpc) is 3.14. The number of anilines is 1. The number of nitrogens with one attached hydrogen (secondary N) is 1. The third kappa shape index (κ3) is 6.19. The van der Waals surface area contributed by atoms with Gasteiger partial charge in [-0.2, -0.15) is 0 Å². The maximum atomic E-state index is 12.4. The number of aromatic nitrogens is 3. The van der Waals surface area contributed by atoms with Crippen LogP contribution in [0, 0.1) is 6.92 Å². The van der Waals surface area contributed by atoms with Crippen molar-refractivity contribution in [2.75, 3.05) is 11.1 Å². The van der Waals surface area contributed by atoms with Crippen molar-refractivity contribution < 1.29 is 9.53 Å². The maximum absolute atomic E-state index is 12.4. The molecular formula is C22H21Cl3N4O2S. The Balaban J connectivity index is 1.70. The molecule has 0 radical (unpaired) electrons. The van der Waals surface area contributed by atoms with Crippen LogP contribution in [-0.2, 0) is 11.3 Å². The lowest BCUT2D eigenvalue weighted by atomic mass is 10.2. The standard InChI is InChI=1S/C22H21Cl3N4O2S/c1-4-9-29-21(14(3)31-19-8-6-15(23)10-13(19)2)27-28-22(29)32-12-20(30)26-18-11-16(24)5-7-17(18)25/h4-8,10-11,14H,1,9,12H2,2-3H3,(H,26,30). The average molecular weight is 512 g/mol. The molecule has 1 N–H and O–H groups in total. The van der Waals surface area contributed by atoms with Crippen LogP contribution in [-0.4, -0.2) is 26.4 Å². The third-order valence-electron chi connectivity index (χ3n) is 4.40. The minimum atomic E-state index is -0.379. The number of halogens is 3. The second-order valence-corrected chi connectivity index (χ2v) is 9.09. The molecular weight excluding hydrogens is 491 g/mol. The van der Waals surface area contributed by atoms with Gasteiger partial charge in [0.2, 0.25) is 5.91 Å². The quantitative estimate of drug-likeness (QED) is 0.259. The summed E-state index contributed by atoms with van der Waals surface area (Å²) in [4.78, 5) is 12.4. The molecule has 10 heteroatoms. The number of benzene rings is 2. The molecule has 168 valence electrons. The van der Waals surface area contributed by atoms with Crippen molar-refractivity contribution in [2.24, 2.45) is 0 Å². The summed E-state index contributed by atoms with van der Waals surface area (Å²) in [5.74, 6) is 1.21. The van der Waals surface area contributed by atoms with E-state index in [1.54, 1.807) is 30.3 Å². The third-order valence-corrected chi connectivity index (χ3v) is 6.16. The normalized spacial score (nSPS) is 11.8. The highest BCUT2D eigenvalue weighted by Crippen LogP contribution is 2.29. The molecule has 0 aliphatic rings. The van der Waals surface area contributed by atoms with Crippen LogP contribution in [0.15, 0.2) is 54.2 Å². The topological polar surface area (TPSA) is 69.0 Å². The fourth-order valence-corrected chi connectivity index (χ4v) is 4.22. The minimum Gasteiger partial charge on any atom is -0.482 e. The van der Waals surface area contributed by atoms with E-state index >= 15 is 0 Å². The summed E-state index contributed by atoms with van der Waals surface area (Å²) in [6.07, 6.45) is 1.36. The van der Waals surface area contributed by atoms with Crippen molar-refractivity contribution in [3.63, 3.8) is 0 Å². The highest BCUT2D eigenvalue weighted by molar-refractivity contribution is 7.99. The lowest BCUT2D eigenvalue weighted by Crippen LogP contribution is -2.16. The lowest BCUT2D eigenvalue weighted by molar-refractivity contribution is -0.113. The Bertz CT molecular complexity index is 1140. The van der Waals surface area contributed by atoms with Gasteiger partial charge in [0.15, 0.2) is 17.1 Å². The number of carbonyl (C=O) groups is 1. The number of aryl methyl sites for hydroxylation is 1. The first kappa shape index (κ1) is 24.5. The van der Waals surface area contributed by atoms with Crippen molar-refractivity contribution in [3.8, 4) is 5.75 Å². The van der Waals surface area contributed by atoms with Crippen LogP contribution >= 0.6 is 46.6 Å². The molecule has 0 fully saturated rings. The van der Waals surface area contributed by atoms with Crippen LogP contribution in [0.4, 0.5) is 5.69 Å². The van der Waals surface area contributed by atoms with E-state index in [1.165, 1.54) is 11.8 Å². The Kier molecular flexibility index (Phi) is 8.48. The van der Waals surface area contributed by atoms with Crippen molar-refractivity contribution in [1.82, 2.24) is 14.8 Å². The first-order valence-electron chi connectivity index (χ1n) is 9.63. The largest absolute Gasteiger partial charge is 0.482 e. The molecule has 3 aromatic rings. The SMILES string of the molecule is C=CCn1c(SCC(=O)Nc2cc(Cl)ccc2Cl)nnc1C(C)Oc1ccc(Cl)cc1C. The van der Waals surface area contributed by atoms with Crippen molar-refractivity contribution in [2.45, 2.75) is 31.7 Å². The van der Waals surface area contributed by atoms with Gasteiger partial charge < -0.3 is 10.1 Å². The molecule has 0 saturated heterocycles. The lowest BCUT2D eigenvalue weighted by Gasteiger charge is -2.17. The molecule has 1 heterocycles. The Labute approximate surface area is 205 Å². The number of nitrogens with zero attached hydrogens (tertiary/aromatic N) is 3. The fourth-order valence-electron chi connectivity index (χ4n) is 2.91. The Hall–Kier alpha value is -2.19. The Morgan fingerprint density at radius 2 is 1.94 bits per heavy atom. The van der Waals surface area contributed by atoms with E-state index in [-0.39, 0.29) is 17.8 Å². The fraction of sp³-hybridized carbons (Fsp3) is 0.227. The monoisotopic (exact) mass is 510 g/mol. The molecule has 3 rings (SSSR count). The second-order valence-electron chi connectivity index (χ2n) is 6.87. The number of rotatable bonds is 9. The predicted molar refractivity (Wildman–Crippen MR) is 131 cm³/mol. The van der Waals surface area contributed by atoms with Gasteiger partial charge in [0.05, 0.1) is 16.5 Å². The molecule has 1 amide bonds. The van der Waals surface area contributed by atoms with E-state index < -0.39 is 0 Å². The number of amides is 1. The van der Waals surface area contributed by atoms with E-state index in [0.29, 0.717) is 44.0 Å². The molecule has 1 unspecified atom stereocenters. The number of ether oxygens (including phenoxy) is 1. The molecule has 0 bridgehead atoms. The highest BCUT2D eigenvalue weighted by atomic mass is 35.5. The van der Waals surface area contributed by atoms with Crippen LogP contribution < -0.4 is 10.1 Å². The van der Waals surface area contributed by atoms with E-state index in [0.717, 1.165) is 5.56 Å². The Morgan fingerprint density at radius 3 is 2.66 bits per heavy atom. The van der Waals surface area contributed by atoms with Gasteiger partial charge in [-0.05, 0) is 55.8 Å². The number of thioether (sulfide) groups is 1. The molecule has 0 spiro atoms. The molecule has 0 aliphatic heterocycles. The zero-order valence-electron chi connectivity index (χ0n) is 17.4. The van der Waals surface area contributed by atoms with Crippen LogP contribution in [0.3, 0.4) is 0 Å². The van der Waals surface area contributed by atoms with E-state index in [4.69, 9.17) is 39.5 Å². The smallest absolute Gasteiger partial charge is 0.234 e. The van der Waals surface area contributed by atoms with Crippen LogP contribution in [0.5, 0.6) is 5.75 Å². The predicted octanol–water partition coefficient (Wildman–Crippen LogP) is 6.60. The summed E-state index contributed by atoms with van der Waals surface area (Å²) in [5.41, 5.74) is 1.38. The zero-order chi connectivity index (χ0) is 23.3. The van der Waals surface area contributed by atoms with E-state index in [1.807, 2.05) is 30.5 Å². The van der Waals surface area contributed by atoms with Gasteiger partial charge in [-0.25, -0.2) is 0 Å². The number of hydrogen-bond donors (Lipinski definition) is 1. The van der Waals surface area contributed by atoms with Gasteiger partial charge in [0.25, 0.3) is 0 Å². The van der Waals surface area contributed by atoms with Gasteiger partial charge in [-0.3, -0.25) is 9.36 Å². The minimum absolute atomic E-state index is 0.115. The van der Waals surface area contributed by atoms with Crippen molar-refractivity contribution >= 4 is 58.2 Å². The summed E-state index contributed by atoms with van der Waals surface area (Å²) >= 11 is 19.4. The molecule has 0 aliphatic carbocycles. The molecule has 0 saturated carbocycles. The highest BCUT2D eigenvalue weighted by Gasteiger charge is 2.20. The van der Waals surface area contributed by atoms with Gasteiger partial charge in [0, 0.05) is 16.6 Å². The number of allylic oxidation sites excluding steroid dienone is 1. The van der Waals surface area contributed by atoms with Crippen LogP contribution in [0.25, 0.3) is 0 Å². The molecule has 32 heavy (non-hydrogen) atoms. The van der Waals surface area contributed by atoms with Gasteiger partial charge in [-0.15, -0.1) is 16.8 Å². The Morgan fingerprint density at radius 1 is 1.22 bits per heavy atom. The van der Waals surface area contributed by atoms with E-state index in [2.05, 4.69) is 22.1 Å². The number of carbonyl (C=O) groups excluding carboxylic acids is 1. The van der Waals surface area contributed by atoms with Crippen molar-refractivity contribution in [3.05, 3.63) is 75.5 Å². The van der Waals surface area contributed by atoms with Gasteiger partial charge in [-0.1, -0.05) is 52.6 Å². The van der Waals surface area contributed by atoms with Crippen LogP contribution in [0.2, 0.25) is 15.1 Å².